The molecule has 1 atom stereocenters. The highest BCUT2D eigenvalue weighted by molar-refractivity contribution is 5.87. The van der Waals surface area contributed by atoms with E-state index in [0.717, 1.165) is 6.42 Å². The van der Waals surface area contributed by atoms with Gasteiger partial charge in [-0.15, -0.1) is 0 Å². The standard InChI is InChI=1S/C18H34O3/c1-13(2)11-14(16(20)17(3,4)5)9-10-15(19)12-21-18(6,7)8/h13-14H,9-12H2,1-8H3/t14-/m0/s1. The molecule has 0 bridgehead atoms. The topological polar surface area (TPSA) is 43.4 Å². The Hall–Kier alpha value is -0.700. The minimum Gasteiger partial charge on any atom is -0.368 e. The third-order valence-corrected chi connectivity index (χ3v) is 3.30. The molecule has 3 heteroatoms. The van der Waals surface area contributed by atoms with Crippen LogP contribution in [0.3, 0.4) is 0 Å². The third-order valence-electron chi connectivity index (χ3n) is 3.30. The second-order valence-electron chi connectivity index (χ2n) is 8.42. The highest BCUT2D eigenvalue weighted by atomic mass is 16.5. The van der Waals surface area contributed by atoms with Crippen molar-refractivity contribution in [2.24, 2.45) is 17.3 Å². The summed E-state index contributed by atoms with van der Waals surface area (Å²) in [5, 5.41) is 0. The van der Waals surface area contributed by atoms with Gasteiger partial charge in [0.05, 0.1) is 5.60 Å². The Kier molecular flexibility index (Phi) is 7.80. The summed E-state index contributed by atoms with van der Waals surface area (Å²) in [6, 6.07) is 0. The smallest absolute Gasteiger partial charge is 0.158 e. The lowest BCUT2D eigenvalue weighted by atomic mass is 9.77. The molecule has 0 saturated carbocycles. The van der Waals surface area contributed by atoms with Gasteiger partial charge < -0.3 is 4.74 Å². The highest BCUT2D eigenvalue weighted by Gasteiger charge is 2.30. The maximum Gasteiger partial charge on any atom is 0.158 e. The van der Waals surface area contributed by atoms with Crippen LogP contribution in [0.1, 0.15) is 74.7 Å². The first-order chi connectivity index (χ1) is 9.33. The molecule has 0 aromatic carbocycles. The van der Waals surface area contributed by atoms with Crippen molar-refractivity contribution in [1.82, 2.24) is 0 Å². The van der Waals surface area contributed by atoms with Crippen LogP contribution < -0.4 is 0 Å². The molecule has 0 aromatic heterocycles. The monoisotopic (exact) mass is 298 g/mol. The minimum atomic E-state index is -0.343. The lowest BCUT2D eigenvalue weighted by Gasteiger charge is -2.26. The summed E-state index contributed by atoms with van der Waals surface area (Å²) in [6.45, 7) is 16.0. The number of carbonyl (C=O) groups excluding carboxylic acids is 2. The Balaban J connectivity index is 4.50. The van der Waals surface area contributed by atoms with Crippen molar-refractivity contribution < 1.29 is 14.3 Å². The molecule has 0 rings (SSSR count). The average molecular weight is 298 g/mol. The number of ether oxygens (including phenoxy) is 1. The fourth-order valence-corrected chi connectivity index (χ4v) is 2.24. The molecule has 0 unspecified atom stereocenters. The first kappa shape index (κ1) is 20.3. The molecule has 21 heavy (non-hydrogen) atoms. The zero-order chi connectivity index (χ0) is 16.8. The Bertz CT molecular complexity index is 342. The molecule has 0 saturated heterocycles. The zero-order valence-electron chi connectivity index (χ0n) is 15.2. The van der Waals surface area contributed by atoms with Crippen LogP contribution in [0.25, 0.3) is 0 Å². The van der Waals surface area contributed by atoms with E-state index in [4.69, 9.17) is 4.74 Å². The Morgan fingerprint density at radius 2 is 1.52 bits per heavy atom. The summed E-state index contributed by atoms with van der Waals surface area (Å²) in [5.74, 6) is 0.784. The van der Waals surface area contributed by atoms with Crippen molar-refractivity contribution in [3.63, 3.8) is 0 Å². The van der Waals surface area contributed by atoms with Gasteiger partial charge in [0.1, 0.15) is 12.4 Å². The van der Waals surface area contributed by atoms with E-state index in [1.165, 1.54) is 0 Å². The van der Waals surface area contributed by atoms with Gasteiger partial charge in [-0.3, -0.25) is 9.59 Å². The van der Waals surface area contributed by atoms with E-state index in [9.17, 15) is 9.59 Å². The van der Waals surface area contributed by atoms with Crippen LogP contribution in [-0.2, 0) is 14.3 Å². The predicted octanol–water partition coefficient (Wildman–Crippen LogP) is 4.43. The van der Waals surface area contributed by atoms with Crippen molar-refractivity contribution in [2.75, 3.05) is 6.61 Å². The van der Waals surface area contributed by atoms with E-state index in [-0.39, 0.29) is 35.1 Å². The van der Waals surface area contributed by atoms with E-state index in [1.807, 2.05) is 41.5 Å². The number of carbonyl (C=O) groups is 2. The second-order valence-corrected chi connectivity index (χ2v) is 8.42. The molecule has 0 aliphatic carbocycles. The number of hydrogen-bond acceptors (Lipinski definition) is 3. The summed E-state index contributed by atoms with van der Waals surface area (Å²) in [4.78, 5) is 24.4. The van der Waals surface area contributed by atoms with Gasteiger partial charge in [0.2, 0.25) is 0 Å². The summed E-state index contributed by atoms with van der Waals surface area (Å²) in [5.41, 5.74) is -0.640. The summed E-state index contributed by atoms with van der Waals surface area (Å²) in [7, 11) is 0. The molecular formula is C18H34O3. The molecule has 0 amide bonds. The SMILES string of the molecule is CC(C)C[C@H](CCC(=O)COC(C)(C)C)C(=O)C(C)(C)C. The van der Waals surface area contributed by atoms with Gasteiger partial charge in [-0.2, -0.15) is 0 Å². The van der Waals surface area contributed by atoms with E-state index in [2.05, 4.69) is 13.8 Å². The van der Waals surface area contributed by atoms with Crippen LogP contribution in [0.15, 0.2) is 0 Å². The van der Waals surface area contributed by atoms with Crippen LogP contribution >= 0.6 is 0 Å². The fourth-order valence-electron chi connectivity index (χ4n) is 2.24. The lowest BCUT2D eigenvalue weighted by molar-refractivity contribution is -0.132. The molecule has 0 N–H and O–H groups in total. The van der Waals surface area contributed by atoms with Gasteiger partial charge in [-0.05, 0) is 39.5 Å². The summed E-state index contributed by atoms with van der Waals surface area (Å²) < 4.78 is 5.50. The van der Waals surface area contributed by atoms with Gasteiger partial charge in [0.25, 0.3) is 0 Å². The highest BCUT2D eigenvalue weighted by Crippen LogP contribution is 2.28. The first-order valence-electron chi connectivity index (χ1n) is 8.03. The van der Waals surface area contributed by atoms with Crippen molar-refractivity contribution in [2.45, 2.75) is 80.3 Å². The molecule has 0 aromatic rings. The van der Waals surface area contributed by atoms with Crippen molar-refractivity contribution in [1.29, 1.82) is 0 Å². The molecule has 0 spiro atoms. The quantitative estimate of drug-likeness (QED) is 0.666. The van der Waals surface area contributed by atoms with Crippen LogP contribution in [0.4, 0.5) is 0 Å². The molecule has 0 aliphatic heterocycles. The van der Waals surface area contributed by atoms with E-state index in [0.29, 0.717) is 18.8 Å². The van der Waals surface area contributed by atoms with Gasteiger partial charge in [0.15, 0.2) is 5.78 Å². The largest absolute Gasteiger partial charge is 0.368 e. The van der Waals surface area contributed by atoms with Crippen molar-refractivity contribution in [3.8, 4) is 0 Å². The summed E-state index contributed by atoms with van der Waals surface area (Å²) in [6.07, 6.45) is 1.92. The van der Waals surface area contributed by atoms with Crippen LogP contribution in [0.2, 0.25) is 0 Å². The molecule has 0 fully saturated rings. The van der Waals surface area contributed by atoms with Gasteiger partial charge in [-0.1, -0.05) is 34.6 Å². The normalized spacial score (nSPS) is 14.3. The fraction of sp³-hybridized carbons (Fsp3) is 0.889. The molecule has 3 nitrogen and oxygen atoms in total. The Labute approximate surface area is 130 Å². The lowest BCUT2D eigenvalue weighted by Crippen LogP contribution is -2.30. The molecular weight excluding hydrogens is 264 g/mol. The van der Waals surface area contributed by atoms with Crippen molar-refractivity contribution in [3.05, 3.63) is 0 Å². The van der Waals surface area contributed by atoms with Gasteiger partial charge in [0, 0.05) is 17.8 Å². The van der Waals surface area contributed by atoms with Gasteiger partial charge in [-0.25, -0.2) is 0 Å². The molecule has 0 aliphatic rings. The van der Waals surface area contributed by atoms with Crippen LogP contribution in [0.5, 0.6) is 0 Å². The van der Waals surface area contributed by atoms with E-state index in [1.54, 1.807) is 0 Å². The minimum absolute atomic E-state index is 0.0245. The van der Waals surface area contributed by atoms with E-state index < -0.39 is 0 Å². The first-order valence-corrected chi connectivity index (χ1v) is 8.03. The number of Topliss-reactive ketones (excluding diaryl/α,β-unsaturated/α-hetero) is 2. The third kappa shape index (κ3) is 9.78. The number of hydrogen-bond donors (Lipinski definition) is 0. The van der Waals surface area contributed by atoms with Crippen LogP contribution in [0, 0.1) is 17.3 Å². The maximum atomic E-state index is 12.5. The Morgan fingerprint density at radius 3 is 1.90 bits per heavy atom. The van der Waals surface area contributed by atoms with Gasteiger partial charge >= 0.3 is 0 Å². The van der Waals surface area contributed by atoms with E-state index >= 15 is 0 Å². The molecule has 0 heterocycles. The number of rotatable bonds is 8. The van der Waals surface area contributed by atoms with Crippen molar-refractivity contribution >= 4 is 11.6 Å². The average Bonchev–Trinajstić information content (AvgIpc) is 2.28. The number of ketones is 2. The van der Waals surface area contributed by atoms with Crippen LogP contribution in [-0.4, -0.2) is 23.8 Å². The predicted molar refractivity (Wildman–Crippen MR) is 87.4 cm³/mol. The maximum absolute atomic E-state index is 12.5. The zero-order valence-corrected chi connectivity index (χ0v) is 15.2. The summed E-state index contributed by atoms with van der Waals surface area (Å²) >= 11 is 0. The molecule has 124 valence electrons. The second kappa shape index (κ2) is 8.07. The molecule has 0 radical (unpaired) electrons. The Morgan fingerprint density at radius 1 is 1.00 bits per heavy atom.